The lowest BCUT2D eigenvalue weighted by Gasteiger charge is -2.08. The van der Waals surface area contributed by atoms with Gasteiger partial charge in [0.2, 0.25) is 0 Å². The van der Waals surface area contributed by atoms with Crippen LogP contribution in [-0.4, -0.2) is 19.5 Å². The standard InChI is InChI=1S/C17H12N4/c1-3-7-13(8-4-1)17-20-16-15(11-18-12-19-16)21(17)14-9-5-2-6-10-14/h1-12H. The van der Waals surface area contributed by atoms with Gasteiger partial charge in [-0.2, -0.15) is 0 Å². The highest BCUT2D eigenvalue weighted by atomic mass is 15.1. The SMILES string of the molecule is c1ccc(-c2nc3ncncc3n2-c2ccccc2)cc1. The van der Waals surface area contributed by atoms with E-state index in [2.05, 4.69) is 31.7 Å². The molecule has 2 heterocycles. The van der Waals surface area contributed by atoms with E-state index in [9.17, 15) is 0 Å². The quantitative estimate of drug-likeness (QED) is 0.561. The van der Waals surface area contributed by atoms with Crippen molar-refractivity contribution in [2.75, 3.05) is 0 Å². The zero-order valence-corrected chi connectivity index (χ0v) is 11.2. The second kappa shape index (κ2) is 4.83. The van der Waals surface area contributed by atoms with Gasteiger partial charge in [0.15, 0.2) is 5.65 Å². The molecule has 21 heavy (non-hydrogen) atoms. The molecule has 0 aliphatic carbocycles. The smallest absolute Gasteiger partial charge is 0.181 e. The Labute approximate surface area is 121 Å². The van der Waals surface area contributed by atoms with Crippen LogP contribution in [0, 0.1) is 0 Å². The van der Waals surface area contributed by atoms with Gasteiger partial charge in [-0.15, -0.1) is 0 Å². The molecule has 0 fully saturated rings. The van der Waals surface area contributed by atoms with Crippen molar-refractivity contribution >= 4 is 11.2 Å². The molecule has 0 amide bonds. The van der Waals surface area contributed by atoms with E-state index in [0.29, 0.717) is 5.65 Å². The Hall–Kier alpha value is -3.01. The van der Waals surface area contributed by atoms with Crippen LogP contribution < -0.4 is 0 Å². The summed E-state index contributed by atoms with van der Waals surface area (Å²) in [7, 11) is 0. The summed E-state index contributed by atoms with van der Waals surface area (Å²) >= 11 is 0. The summed E-state index contributed by atoms with van der Waals surface area (Å²) in [6.45, 7) is 0. The summed E-state index contributed by atoms with van der Waals surface area (Å²) in [5, 5.41) is 0. The van der Waals surface area contributed by atoms with E-state index in [0.717, 1.165) is 22.6 Å². The van der Waals surface area contributed by atoms with E-state index in [1.165, 1.54) is 6.33 Å². The topological polar surface area (TPSA) is 43.6 Å². The van der Waals surface area contributed by atoms with Crippen LogP contribution in [0.5, 0.6) is 0 Å². The Morgan fingerprint density at radius 1 is 0.810 bits per heavy atom. The molecular weight excluding hydrogens is 260 g/mol. The molecule has 4 nitrogen and oxygen atoms in total. The first-order valence-corrected chi connectivity index (χ1v) is 6.73. The molecule has 100 valence electrons. The Kier molecular flexibility index (Phi) is 2.71. The number of nitrogens with zero attached hydrogens (tertiary/aromatic N) is 4. The molecule has 2 aromatic carbocycles. The Morgan fingerprint density at radius 3 is 2.29 bits per heavy atom. The van der Waals surface area contributed by atoms with Crippen molar-refractivity contribution in [2.24, 2.45) is 0 Å². The van der Waals surface area contributed by atoms with E-state index >= 15 is 0 Å². The fourth-order valence-electron chi connectivity index (χ4n) is 2.44. The highest BCUT2D eigenvalue weighted by Crippen LogP contribution is 2.26. The molecule has 0 bridgehead atoms. The minimum Gasteiger partial charge on any atom is -0.289 e. The van der Waals surface area contributed by atoms with Crippen molar-refractivity contribution in [3.63, 3.8) is 0 Å². The monoisotopic (exact) mass is 272 g/mol. The molecule has 0 radical (unpaired) electrons. The van der Waals surface area contributed by atoms with E-state index in [1.54, 1.807) is 6.20 Å². The Balaban J connectivity index is 2.07. The summed E-state index contributed by atoms with van der Waals surface area (Å²) < 4.78 is 2.09. The molecule has 0 spiro atoms. The van der Waals surface area contributed by atoms with Crippen molar-refractivity contribution in [1.29, 1.82) is 0 Å². The van der Waals surface area contributed by atoms with Gasteiger partial charge < -0.3 is 0 Å². The lowest BCUT2D eigenvalue weighted by Crippen LogP contribution is -1.97. The molecule has 0 saturated heterocycles. The molecule has 0 aliphatic rings. The van der Waals surface area contributed by atoms with Gasteiger partial charge in [-0.05, 0) is 12.1 Å². The summed E-state index contributed by atoms with van der Waals surface area (Å²) in [4.78, 5) is 13.1. The van der Waals surface area contributed by atoms with E-state index in [1.807, 2.05) is 48.5 Å². The van der Waals surface area contributed by atoms with E-state index < -0.39 is 0 Å². The van der Waals surface area contributed by atoms with Gasteiger partial charge in [-0.1, -0.05) is 48.5 Å². The predicted molar refractivity (Wildman–Crippen MR) is 82.1 cm³/mol. The normalized spacial score (nSPS) is 10.9. The van der Waals surface area contributed by atoms with Crippen LogP contribution in [0.2, 0.25) is 0 Å². The third-order valence-corrected chi connectivity index (χ3v) is 3.38. The minimum absolute atomic E-state index is 0.702. The lowest BCUT2D eigenvalue weighted by atomic mass is 10.2. The van der Waals surface area contributed by atoms with Crippen molar-refractivity contribution in [2.45, 2.75) is 0 Å². The van der Waals surface area contributed by atoms with E-state index in [4.69, 9.17) is 0 Å². The average molecular weight is 272 g/mol. The number of fused-ring (bicyclic) bond motifs is 1. The van der Waals surface area contributed by atoms with Crippen LogP contribution in [0.25, 0.3) is 28.2 Å². The van der Waals surface area contributed by atoms with Crippen LogP contribution >= 0.6 is 0 Å². The minimum atomic E-state index is 0.702. The molecule has 4 aromatic rings. The van der Waals surface area contributed by atoms with Crippen LogP contribution in [0.4, 0.5) is 0 Å². The van der Waals surface area contributed by atoms with Crippen molar-refractivity contribution in [1.82, 2.24) is 19.5 Å². The Bertz CT molecular complexity index is 882. The molecule has 4 rings (SSSR count). The Morgan fingerprint density at radius 2 is 1.52 bits per heavy atom. The maximum atomic E-state index is 4.67. The predicted octanol–water partition coefficient (Wildman–Crippen LogP) is 3.48. The van der Waals surface area contributed by atoms with Crippen LogP contribution in [0.3, 0.4) is 0 Å². The summed E-state index contributed by atoms with van der Waals surface area (Å²) in [6.07, 6.45) is 3.33. The van der Waals surface area contributed by atoms with Crippen LogP contribution in [-0.2, 0) is 0 Å². The molecule has 0 unspecified atom stereocenters. The molecular formula is C17H12N4. The maximum absolute atomic E-state index is 4.67. The fraction of sp³-hybridized carbons (Fsp3) is 0. The molecule has 0 aliphatic heterocycles. The third kappa shape index (κ3) is 1.97. The number of para-hydroxylation sites is 1. The van der Waals surface area contributed by atoms with Gasteiger partial charge in [0.25, 0.3) is 0 Å². The van der Waals surface area contributed by atoms with Crippen molar-refractivity contribution in [3.05, 3.63) is 73.2 Å². The van der Waals surface area contributed by atoms with Gasteiger partial charge >= 0.3 is 0 Å². The molecule has 0 saturated carbocycles. The summed E-state index contributed by atoms with van der Waals surface area (Å²) in [5.74, 6) is 0.872. The van der Waals surface area contributed by atoms with Crippen molar-refractivity contribution in [3.8, 4) is 17.1 Å². The second-order valence-electron chi connectivity index (χ2n) is 4.70. The number of benzene rings is 2. The van der Waals surface area contributed by atoms with Gasteiger partial charge in [0, 0.05) is 11.3 Å². The van der Waals surface area contributed by atoms with Gasteiger partial charge in [0.1, 0.15) is 17.7 Å². The molecule has 4 heteroatoms. The summed E-state index contributed by atoms with van der Waals surface area (Å²) in [5.41, 5.74) is 3.71. The maximum Gasteiger partial charge on any atom is 0.181 e. The molecule has 0 N–H and O–H groups in total. The zero-order valence-electron chi connectivity index (χ0n) is 11.2. The number of hydrogen-bond acceptors (Lipinski definition) is 3. The fourth-order valence-corrected chi connectivity index (χ4v) is 2.44. The first kappa shape index (κ1) is 11.8. The number of aromatic nitrogens is 4. The van der Waals surface area contributed by atoms with Crippen LogP contribution in [0.15, 0.2) is 73.2 Å². The highest BCUT2D eigenvalue weighted by molar-refractivity contribution is 5.79. The summed E-state index contributed by atoms with van der Waals surface area (Å²) in [6, 6.07) is 20.3. The zero-order chi connectivity index (χ0) is 14.1. The van der Waals surface area contributed by atoms with Crippen LogP contribution in [0.1, 0.15) is 0 Å². The first-order valence-electron chi connectivity index (χ1n) is 6.73. The molecule has 2 aromatic heterocycles. The highest BCUT2D eigenvalue weighted by Gasteiger charge is 2.14. The van der Waals surface area contributed by atoms with Crippen molar-refractivity contribution < 1.29 is 0 Å². The third-order valence-electron chi connectivity index (χ3n) is 3.38. The number of rotatable bonds is 2. The van der Waals surface area contributed by atoms with Gasteiger partial charge in [0.05, 0.1) is 6.20 Å². The number of hydrogen-bond donors (Lipinski definition) is 0. The second-order valence-corrected chi connectivity index (χ2v) is 4.70. The van der Waals surface area contributed by atoms with Gasteiger partial charge in [-0.3, -0.25) is 4.57 Å². The largest absolute Gasteiger partial charge is 0.289 e. The number of imidazole rings is 1. The molecule has 0 atom stereocenters. The average Bonchev–Trinajstić information content (AvgIpc) is 2.96. The first-order chi connectivity index (χ1) is 10.4. The lowest BCUT2D eigenvalue weighted by molar-refractivity contribution is 1.10. The van der Waals surface area contributed by atoms with Gasteiger partial charge in [-0.25, -0.2) is 15.0 Å². The van der Waals surface area contributed by atoms with E-state index in [-0.39, 0.29) is 0 Å².